The minimum Gasteiger partial charge on any atom is -0.379 e. The van der Waals surface area contributed by atoms with Crippen LogP contribution in [-0.2, 0) is 4.74 Å². The van der Waals surface area contributed by atoms with E-state index in [2.05, 4.69) is 5.32 Å². The van der Waals surface area contributed by atoms with Gasteiger partial charge in [0, 0.05) is 29.8 Å². The number of nitrogens with zero attached hydrogens (tertiary/aromatic N) is 1. The van der Waals surface area contributed by atoms with E-state index in [1.807, 2.05) is 0 Å². The molecule has 1 aliphatic heterocycles. The highest BCUT2D eigenvalue weighted by Crippen LogP contribution is 2.33. The van der Waals surface area contributed by atoms with Gasteiger partial charge in [0.2, 0.25) is 17.2 Å². The van der Waals surface area contributed by atoms with Gasteiger partial charge >= 0.3 is 0 Å². The van der Waals surface area contributed by atoms with Crippen LogP contribution in [-0.4, -0.2) is 54.3 Å². The molecule has 1 heterocycles. The van der Waals surface area contributed by atoms with Crippen molar-refractivity contribution in [1.82, 2.24) is 10.2 Å². The normalized spacial score (nSPS) is 19.2. The third-order valence-electron chi connectivity index (χ3n) is 4.89. The number of carbonyl (C=O) groups excluding carboxylic acids is 3. The van der Waals surface area contributed by atoms with Gasteiger partial charge in [0.15, 0.2) is 0 Å². The Kier molecular flexibility index (Phi) is 4.14. The molecule has 1 N–H and O–H groups in total. The summed E-state index contributed by atoms with van der Waals surface area (Å²) in [5.41, 5.74) is -0.619. The number of ketones is 2. The number of morpholine rings is 1. The molecule has 26 heavy (non-hydrogen) atoms. The van der Waals surface area contributed by atoms with Gasteiger partial charge < -0.3 is 10.1 Å². The van der Waals surface area contributed by atoms with Gasteiger partial charge in [0.25, 0.3) is 5.91 Å². The quantitative estimate of drug-likeness (QED) is 0.850. The number of ether oxygens (including phenoxy) is 1. The average Bonchev–Trinajstić information content (AvgIpc) is 2.92. The van der Waals surface area contributed by atoms with Crippen LogP contribution in [0.15, 0.2) is 54.6 Å². The Morgan fingerprint density at radius 3 is 2.00 bits per heavy atom. The lowest BCUT2D eigenvalue weighted by Gasteiger charge is -2.40. The summed E-state index contributed by atoms with van der Waals surface area (Å²) in [7, 11) is 0. The van der Waals surface area contributed by atoms with Crippen LogP contribution in [0.5, 0.6) is 0 Å². The molecule has 0 atom stereocenters. The first-order chi connectivity index (χ1) is 12.6. The zero-order valence-electron chi connectivity index (χ0n) is 14.1. The van der Waals surface area contributed by atoms with Gasteiger partial charge in [-0.3, -0.25) is 19.3 Å². The van der Waals surface area contributed by atoms with Gasteiger partial charge in [-0.2, -0.15) is 0 Å². The third-order valence-corrected chi connectivity index (χ3v) is 4.89. The van der Waals surface area contributed by atoms with Crippen LogP contribution in [0.2, 0.25) is 0 Å². The van der Waals surface area contributed by atoms with Gasteiger partial charge in [-0.05, 0) is 12.1 Å². The highest BCUT2D eigenvalue weighted by molar-refractivity contribution is 6.33. The Hall–Kier alpha value is -2.83. The molecule has 0 aromatic heterocycles. The number of Topliss-reactive ketones (excluding diaryl/α,β-unsaturated/α-hetero) is 2. The van der Waals surface area contributed by atoms with Gasteiger partial charge in [-0.25, -0.2) is 0 Å². The van der Waals surface area contributed by atoms with Crippen molar-refractivity contribution < 1.29 is 19.1 Å². The SMILES string of the molecule is O=C(NC1(N2CCOCC2)C(=O)c2ccccc2C1=O)c1ccccc1. The topological polar surface area (TPSA) is 75.7 Å². The van der Waals surface area contributed by atoms with Crippen molar-refractivity contribution in [2.24, 2.45) is 0 Å². The minimum atomic E-state index is -1.71. The average molecular weight is 350 g/mol. The maximum atomic E-state index is 13.3. The molecule has 132 valence electrons. The van der Waals surface area contributed by atoms with Crippen molar-refractivity contribution in [2.45, 2.75) is 5.66 Å². The van der Waals surface area contributed by atoms with Crippen LogP contribution in [0, 0.1) is 0 Å². The first kappa shape index (κ1) is 16.6. The molecular weight excluding hydrogens is 332 g/mol. The van der Waals surface area contributed by atoms with E-state index in [1.165, 1.54) is 0 Å². The molecule has 0 saturated carbocycles. The van der Waals surface area contributed by atoms with Crippen molar-refractivity contribution in [3.8, 4) is 0 Å². The molecule has 1 amide bonds. The highest BCUT2D eigenvalue weighted by atomic mass is 16.5. The lowest BCUT2D eigenvalue weighted by Crippen LogP contribution is -2.69. The van der Waals surface area contributed by atoms with Crippen molar-refractivity contribution in [2.75, 3.05) is 26.3 Å². The summed E-state index contributed by atoms with van der Waals surface area (Å²) in [6.07, 6.45) is 0. The van der Waals surface area contributed by atoms with Crippen LogP contribution in [0.4, 0.5) is 0 Å². The maximum absolute atomic E-state index is 13.3. The second kappa shape index (κ2) is 6.48. The Bertz CT molecular complexity index is 837. The first-order valence-electron chi connectivity index (χ1n) is 8.53. The predicted molar refractivity (Wildman–Crippen MR) is 94.1 cm³/mol. The van der Waals surface area contributed by atoms with Crippen LogP contribution in [0.25, 0.3) is 0 Å². The standard InChI is InChI=1S/C20H18N2O4/c23-17-15-8-4-5-9-16(15)18(24)20(17,22-10-12-26-13-11-22)21-19(25)14-6-2-1-3-7-14/h1-9H,10-13H2,(H,21,25). The molecule has 1 aliphatic carbocycles. The largest absolute Gasteiger partial charge is 0.379 e. The molecule has 0 unspecified atom stereocenters. The van der Waals surface area contributed by atoms with Gasteiger partial charge in [-0.15, -0.1) is 0 Å². The van der Waals surface area contributed by atoms with Crippen molar-refractivity contribution in [3.63, 3.8) is 0 Å². The molecule has 1 fully saturated rings. The first-order valence-corrected chi connectivity index (χ1v) is 8.53. The van der Waals surface area contributed by atoms with E-state index in [9.17, 15) is 14.4 Å². The van der Waals surface area contributed by atoms with Gasteiger partial charge in [-0.1, -0.05) is 42.5 Å². The molecule has 0 spiro atoms. The van der Waals surface area contributed by atoms with Crippen LogP contribution < -0.4 is 5.32 Å². The van der Waals surface area contributed by atoms with E-state index in [-0.39, 0.29) is 11.6 Å². The summed E-state index contributed by atoms with van der Waals surface area (Å²) in [6, 6.07) is 15.3. The summed E-state index contributed by atoms with van der Waals surface area (Å²) >= 11 is 0. The fraction of sp³-hybridized carbons (Fsp3) is 0.250. The van der Waals surface area contributed by atoms with Gasteiger partial charge in [0.1, 0.15) is 0 Å². The maximum Gasteiger partial charge on any atom is 0.253 e. The predicted octanol–water partition coefficient (Wildman–Crippen LogP) is 1.52. The molecule has 6 heteroatoms. The number of rotatable bonds is 3. The lowest BCUT2D eigenvalue weighted by molar-refractivity contribution is -0.0151. The number of benzene rings is 2. The van der Waals surface area contributed by atoms with E-state index >= 15 is 0 Å². The summed E-state index contributed by atoms with van der Waals surface area (Å²) in [5.74, 6) is -1.22. The molecule has 2 aromatic carbocycles. The number of hydrogen-bond acceptors (Lipinski definition) is 5. The molecular formula is C20H18N2O4. The number of nitrogens with one attached hydrogen (secondary N) is 1. The second-order valence-electron chi connectivity index (χ2n) is 6.33. The van der Waals surface area contributed by atoms with Crippen molar-refractivity contribution >= 4 is 17.5 Å². The lowest BCUT2D eigenvalue weighted by atomic mass is 9.99. The van der Waals surface area contributed by atoms with Crippen LogP contribution in [0.3, 0.4) is 0 Å². The number of fused-ring (bicyclic) bond motifs is 1. The third kappa shape index (κ3) is 2.46. The molecule has 2 aromatic rings. The van der Waals surface area contributed by atoms with E-state index in [4.69, 9.17) is 4.74 Å². The van der Waals surface area contributed by atoms with Crippen molar-refractivity contribution in [1.29, 1.82) is 0 Å². The monoisotopic (exact) mass is 350 g/mol. The minimum absolute atomic E-state index is 0.345. The molecule has 1 saturated heterocycles. The fourth-order valence-electron chi connectivity index (χ4n) is 3.58. The van der Waals surface area contributed by atoms with E-state index in [0.29, 0.717) is 43.0 Å². The smallest absolute Gasteiger partial charge is 0.253 e. The van der Waals surface area contributed by atoms with Crippen LogP contribution >= 0.6 is 0 Å². The summed E-state index contributed by atoms with van der Waals surface area (Å²) in [5, 5.41) is 2.76. The Balaban J connectivity index is 1.78. The number of hydrogen-bond donors (Lipinski definition) is 1. The molecule has 6 nitrogen and oxygen atoms in total. The molecule has 0 radical (unpaired) electrons. The zero-order chi connectivity index (χ0) is 18.1. The Morgan fingerprint density at radius 2 is 1.42 bits per heavy atom. The van der Waals surface area contributed by atoms with Crippen molar-refractivity contribution in [3.05, 3.63) is 71.3 Å². The summed E-state index contributed by atoms with van der Waals surface area (Å²) < 4.78 is 5.36. The zero-order valence-corrected chi connectivity index (χ0v) is 14.1. The molecule has 0 bridgehead atoms. The van der Waals surface area contributed by atoms with Gasteiger partial charge in [0.05, 0.1) is 13.2 Å². The Labute approximate surface area is 150 Å². The van der Waals surface area contributed by atoms with E-state index in [1.54, 1.807) is 59.5 Å². The summed E-state index contributed by atoms with van der Waals surface area (Å²) in [6.45, 7) is 1.58. The molecule has 2 aliphatic rings. The van der Waals surface area contributed by atoms with E-state index < -0.39 is 11.6 Å². The van der Waals surface area contributed by atoms with Crippen LogP contribution in [0.1, 0.15) is 31.1 Å². The number of amides is 1. The molecule has 4 rings (SSSR count). The van der Waals surface area contributed by atoms with E-state index in [0.717, 1.165) is 0 Å². The number of carbonyl (C=O) groups is 3. The summed E-state index contributed by atoms with van der Waals surface area (Å²) in [4.78, 5) is 41.1. The Morgan fingerprint density at radius 1 is 0.885 bits per heavy atom. The fourth-order valence-corrected chi connectivity index (χ4v) is 3.58. The highest BCUT2D eigenvalue weighted by Gasteiger charge is 2.58. The second-order valence-corrected chi connectivity index (χ2v) is 6.33.